The number of fused-ring (bicyclic) bond motifs is 6. The summed E-state index contributed by atoms with van der Waals surface area (Å²) in [5.41, 5.74) is 12.4. The summed E-state index contributed by atoms with van der Waals surface area (Å²) in [7, 11) is 0. The van der Waals surface area contributed by atoms with Gasteiger partial charge in [-0.1, -0.05) is 115 Å². The first-order valence-electron chi connectivity index (χ1n) is 25.7. The first-order chi connectivity index (χ1) is 40.3. The van der Waals surface area contributed by atoms with Crippen LogP contribution in [0.25, 0.3) is 137 Å². The molecule has 0 unspecified atom stereocenters. The molecule has 0 atom stereocenters. The zero-order valence-corrected chi connectivity index (χ0v) is 43.0. The number of benzene rings is 10. The third kappa shape index (κ3) is 8.07. The number of nitrogens with zero attached hydrogens (tertiary/aromatic N) is 12. The van der Waals surface area contributed by atoms with E-state index in [0.29, 0.717) is 56.4 Å². The van der Waals surface area contributed by atoms with Crippen LogP contribution in [-0.2, 0) is 0 Å². The second-order valence-electron chi connectivity index (χ2n) is 19.3. The number of hydrogen-bond donors (Lipinski definition) is 0. The highest BCUT2D eigenvalue weighted by Crippen LogP contribution is 2.46. The van der Waals surface area contributed by atoms with Gasteiger partial charge in [0.2, 0.25) is 0 Å². The molecule has 3 aromatic heterocycles. The monoisotopic (exact) mass is 1040 g/mol. The summed E-state index contributed by atoms with van der Waals surface area (Å²) < 4.78 is 4.36. The van der Waals surface area contributed by atoms with Gasteiger partial charge in [-0.3, -0.25) is 0 Å². The molecule has 0 saturated carbocycles. The van der Waals surface area contributed by atoms with Crippen molar-refractivity contribution in [2.24, 2.45) is 0 Å². The summed E-state index contributed by atoms with van der Waals surface area (Å²) in [6.45, 7) is 23.8. The summed E-state index contributed by atoms with van der Waals surface area (Å²) in [5.74, 6) is 1.39. The van der Waals surface area contributed by atoms with Crippen LogP contribution >= 0.6 is 0 Å². The summed E-state index contributed by atoms with van der Waals surface area (Å²) in [5, 5.41) is 44.8. The van der Waals surface area contributed by atoms with Gasteiger partial charge in [-0.05, 0) is 102 Å². The van der Waals surface area contributed by atoms with Gasteiger partial charge in [0.1, 0.15) is 0 Å². The molecule has 0 aliphatic carbocycles. The zero-order valence-electron chi connectivity index (χ0n) is 43.0. The van der Waals surface area contributed by atoms with Crippen molar-refractivity contribution in [1.82, 2.24) is 24.1 Å². The van der Waals surface area contributed by atoms with E-state index in [1.165, 1.54) is 24.3 Å². The summed E-state index contributed by atoms with van der Waals surface area (Å²) >= 11 is 0. The van der Waals surface area contributed by atoms with Gasteiger partial charge >= 0.3 is 0 Å². The molecule has 374 valence electrons. The molecule has 82 heavy (non-hydrogen) atoms. The second kappa shape index (κ2) is 20.0. The maximum Gasteiger partial charge on any atom is 0.197 e. The quantitative estimate of drug-likeness (QED) is 0.137. The van der Waals surface area contributed by atoms with Gasteiger partial charge in [-0.25, -0.2) is 29.5 Å². The molecular formula is C70H34N12. The van der Waals surface area contributed by atoms with Gasteiger partial charge in [0, 0.05) is 71.6 Å². The molecule has 0 amide bonds. The van der Waals surface area contributed by atoms with E-state index in [4.69, 9.17) is 34.7 Å². The minimum absolute atomic E-state index is 0.196. The highest BCUT2D eigenvalue weighted by Gasteiger charge is 2.25. The van der Waals surface area contributed by atoms with Gasteiger partial charge in [0.05, 0.1) is 88.6 Å². The first-order valence-corrected chi connectivity index (χ1v) is 25.7. The average Bonchev–Trinajstić information content (AvgIpc) is 2.53. The topological polar surface area (TPSA) is 157 Å². The van der Waals surface area contributed by atoms with Gasteiger partial charge < -0.3 is 9.13 Å². The highest BCUT2D eigenvalue weighted by molar-refractivity contribution is 6.13. The zero-order chi connectivity index (χ0) is 56.0. The molecule has 10 aromatic carbocycles. The van der Waals surface area contributed by atoms with Gasteiger partial charge in [-0.15, -0.1) is 0 Å². The molecular weight excluding hydrogens is 1010 g/mol. The molecule has 12 heteroatoms. The number of nitriles is 4. The van der Waals surface area contributed by atoms with Crippen LogP contribution < -0.4 is 0 Å². The van der Waals surface area contributed by atoms with Crippen LogP contribution in [0.3, 0.4) is 0 Å². The molecule has 0 radical (unpaired) electrons. The molecule has 13 rings (SSSR count). The number of para-hydroxylation sites is 2. The lowest BCUT2D eigenvalue weighted by Crippen LogP contribution is -2.04. The van der Waals surface area contributed by atoms with Crippen LogP contribution in [0.5, 0.6) is 0 Å². The number of aromatic nitrogens is 5. The van der Waals surface area contributed by atoms with Gasteiger partial charge in [0.15, 0.2) is 34.5 Å². The molecule has 0 spiro atoms. The fourth-order valence-electron chi connectivity index (χ4n) is 11.1. The van der Waals surface area contributed by atoms with Crippen LogP contribution in [-0.4, -0.2) is 24.1 Å². The van der Waals surface area contributed by atoms with E-state index in [1.54, 1.807) is 6.07 Å². The lowest BCUT2D eigenvalue weighted by molar-refractivity contribution is 1.07. The molecule has 3 heterocycles. The van der Waals surface area contributed by atoms with E-state index in [9.17, 15) is 21.0 Å². The number of rotatable bonds is 8. The van der Waals surface area contributed by atoms with E-state index in [-0.39, 0.29) is 33.8 Å². The predicted molar refractivity (Wildman–Crippen MR) is 319 cm³/mol. The Balaban J connectivity index is 1.11. The summed E-state index contributed by atoms with van der Waals surface area (Å²) in [6.07, 6.45) is 0. The standard InChI is InChI=1S/C70H34N12/c1-75-51-33-50(41-74)67(59(37-51)77-3)47-24-28-64-56(35-47)53-19-11-13-21-61(53)82(64)65-29-25-48(70-79-68(44-14-6-4-7-15-44)78-69(80-70)45-16-8-5-9-17-45)36-57(65)54-31-42(38-71)22-26-62(54)81-60-20-12-10-18-52(60)55-34-46(23-27-63(55)81)66-49(40-73)30-43(39-72)32-58(66)76-2/h4-37H. The van der Waals surface area contributed by atoms with E-state index in [1.807, 2.05) is 164 Å². The fourth-order valence-corrected chi connectivity index (χ4v) is 11.1. The summed E-state index contributed by atoms with van der Waals surface area (Å²) in [4.78, 5) is 26.4. The van der Waals surface area contributed by atoms with Crippen LogP contribution in [0.4, 0.5) is 17.1 Å². The Morgan fingerprint density at radius 2 is 0.793 bits per heavy atom. The summed E-state index contributed by atoms with van der Waals surface area (Å²) in [6, 6.07) is 74.2. The normalized spacial score (nSPS) is 10.8. The van der Waals surface area contributed by atoms with Crippen LogP contribution in [0, 0.1) is 65.0 Å². The maximum atomic E-state index is 10.8. The van der Waals surface area contributed by atoms with Crippen molar-refractivity contribution in [2.75, 3.05) is 0 Å². The van der Waals surface area contributed by atoms with Crippen molar-refractivity contribution in [1.29, 1.82) is 21.0 Å². The van der Waals surface area contributed by atoms with E-state index >= 15 is 0 Å². The van der Waals surface area contributed by atoms with E-state index in [0.717, 1.165) is 71.7 Å². The van der Waals surface area contributed by atoms with Crippen molar-refractivity contribution < 1.29 is 0 Å². The maximum absolute atomic E-state index is 10.8. The average molecular weight is 1040 g/mol. The number of hydrogen-bond acceptors (Lipinski definition) is 7. The largest absolute Gasteiger partial charge is 0.309 e. The van der Waals surface area contributed by atoms with Crippen LogP contribution in [0.1, 0.15) is 22.3 Å². The first kappa shape index (κ1) is 48.9. The van der Waals surface area contributed by atoms with Crippen LogP contribution in [0.15, 0.2) is 206 Å². The Morgan fingerprint density at radius 3 is 1.30 bits per heavy atom. The molecule has 0 aliphatic heterocycles. The minimum Gasteiger partial charge on any atom is -0.309 e. The molecule has 0 aliphatic rings. The van der Waals surface area contributed by atoms with Crippen molar-refractivity contribution in [3.05, 3.63) is 263 Å². The van der Waals surface area contributed by atoms with Gasteiger partial charge in [-0.2, -0.15) is 21.0 Å². The Hall–Kier alpha value is -12.8. The molecule has 0 bridgehead atoms. The van der Waals surface area contributed by atoms with Crippen molar-refractivity contribution in [2.45, 2.75) is 0 Å². The Kier molecular flexibility index (Phi) is 11.9. The fraction of sp³-hybridized carbons (Fsp3) is 0. The van der Waals surface area contributed by atoms with Crippen molar-refractivity contribution in [3.63, 3.8) is 0 Å². The molecule has 0 fully saturated rings. The molecule has 0 N–H and O–H groups in total. The van der Waals surface area contributed by atoms with Crippen LogP contribution in [0.2, 0.25) is 0 Å². The molecule has 13 aromatic rings. The van der Waals surface area contributed by atoms with Gasteiger partial charge in [0.25, 0.3) is 0 Å². The van der Waals surface area contributed by atoms with E-state index < -0.39 is 0 Å². The van der Waals surface area contributed by atoms with Crippen molar-refractivity contribution >= 4 is 60.7 Å². The third-order valence-electron chi connectivity index (χ3n) is 14.7. The highest BCUT2D eigenvalue weighted by atomic mass is 15.0. The second-order valence-corrected chi connectivity index (χ2v) is 19.3. The Labute approximate surface area is 469 Å². The molecule has 0 saturated heterocycles. The van der Waals surface area contributed by atoms with Crippen molar-refractivity contribution in [3.8, 4) is 103 Å². The SMILES string of the molecule is [C-]#[N+]c1cc(C#N)c(-c2ccc3c(c2)c2ccccc2n3-c2ccc(-c3nc(-c4ccccc4)nc(-c4ccccc4)n3)cc2-c2cc(C#N)ccc2-n2c3ccccc3c3cc(-c4c(C#N)cc(C#N)cc4[N+]#[C-])ccc32)c([N+]#[C-])c1. The lowest BCUT2D eigenvalue weighted by atomic mass is 9.95. The Bertz CT molecular complexity index is 5070. The smallest absolute Gasteiger partial charge is 0.197 e. The Morgan fingerprint density at radius 1 is 0.341 bits per heavy atom. The predicted octanol–water partition coefficient (Wildman–Crippen LogP) is 17.2. The molecule has 12 nitrogen and oxygen atoms in total. The lowest BCUT2D eigenvalue weighted by Gasteiger charge is -2.20. The van der Waals surface area contributed by atoms with E-state index in [2.05, 4.69) is 60.1 Å². The minimum atomic E-state index is 0.196. The third-order valence-corrected chi connectivity index (χ3v) is 14.7.